The topological polar surface area (TPSA) is 108 Å². The summed E-state index contributed by atoms with van der Waals surface area (Å²) in [5.74, 6) is -2.50. The van der Waals surface area contributed by atoms with Gasteiger partial charge in [-0.1, -0.05) is 61.9 Å². The second-order valence-electron chi connectivity index (χ2n) is 10.6. The summed E-state index contributed by atoms with van der Waals surface area (Å²) in [6.07, 6.45) is 2.78. The molecule has 37 heavy (non-hydrogen) atoms. The Labute approximate surface area is 217 Å². The fourth-order valence-electron chi connectivity index (χ4n) is 6.66. The summed E-state index contributed by atoms with van der Waals surface area (Å²) in [6.45, 7) is 4.05. The fourth-order valence-corrected chi connectivity index (χ4v) is 6.66. The number of carbonyl (C=O) groups excluding carboxylic acids is 3. The molecule has 8 nitrogen and oxygen atoms in total. The van der Waals surface area contributed by atoms with Gasteiger partial charge >= 0.3 is 0 Å². The molecule has 3 aliphatic heterocycles. The van der Waals surface area contributed by atoms with Crippen LogP contribution in [0.5, 0.6) is 0 Å². The minimum Gasteiger partial charge on any atom is -0.394 e. The first-order valence-electron chi connectivity index (χ1n) is 13.2. The van der Waals surface area contributed by atoms with Crippen molar-refractivity contribution in [2.75, 3.05) is 18.5 Å². The molecule has 2 aromatic carbocycles. The van der Waals surface area contributed by atoms with Gasteiger partial charge in [-0.25, -0.2) is 0 Å². The second kappa shape index (κ2) is 9.91. The molecule has 3 heterocycles. The number of rotatable bonds is 9. The Balaban J connectivity index is 1.55. The lowest BCUT2D eigenvalue weighted by atomic mass is 9.66. The average molecular weight is 506 g/mol. The number of anilines is 1. The number of fused-ring (bicyclic) bond motifs is 1. The van der Waals surface area contributed by atoms with Crippen molar-refractivity contribution in [1.82, 2.24) is 10.2 Å². The molecule has 3 aliphatic rings. The number of nitrogens with zero attached hydrogens (tertiary/aromatic N) is 1. The highest BCUT2D eigenvalue weighted by atomic mass is 16.5. The minimum absolute atomic E-state index is 0.291. The molecule has 0 aromatic heterocycles. The molecule has 0 saturated carbocycles. The van der Waals surface area contributed by atoms with E-state index in [2.05, 4.69) is 10.6 Å². The molecule has 196 valence electrons. The number of unbranched alkanes of at least 4 members (excludes halogenated alkanes) is 1. The van der Waals surface area contributed by atoms with Crippen molar-refractivity contribution >= 4 is 23.4 Å². The third-order valence-electron chi connectivity index (χ3n) is 8.31. The molecule has 3 amide bonds. The van der Waals surface area contributed by atoms with Gasteiger partial charge in [0.05, 0.1) is 30.1 Å². The summed E-state index contributed by atoms with van der Waals surface area (Å²) in [5, 5.41) is 16.4. The van der Waals surface area contributed by atoms with Crippen LogP contribution in [0.15, 0.2) is 60.7 Å². The average Bonchev–Trinajstić information content (AvgIpc) is 3.47. The van der Waals surface area contributed by atoms with E-state index in [-0.39, 0.29) is 24.3 Å². The Hall–Kier alpha value is -3.23. The van der Waals surface area contributed by atoms with Crippen molar-refractivity contribution < 1.29 is 24.2 Å². The molecule has 0 radical (unpaired) electrons. The molecule has 8 heteroatoms. The van der Waals surface area contributed by atoms with Crippen LogP contribution in [0.2, 0.25) is 0 Å². The number of nitrogens with one attached hydrogen (secondary N) is 2. The van der Waals surface area contributed by atoms with Crippen LogP contribution in [-0.2, 0) is 19.1 Å². The molecule has 3 N–H and O–H groups in total. The van der Waals surface area contributed by atoms with E-state index in [0.717, 1.165) is 18.4 Å². The number of para-hydroxylation sites is 1. The number of carbonyl (C=O) groups is 3. The summed E-state index contributed by atoms with van der Waals surface area (Å²) >= 11 is 0. The van der Waals surface area contributed by atoms with Crippen molar-refractivity contribution in [2.45, 2.75) is 62.8 Å². The van der Waals surface area contributed by atoms with Crippen LogP contribution >= 0.6 is 0 Å². The molecule has 2 unspecified atom stereocenters. The third-order valence-corrected chi connectivity index (χ3v) is 8.31. The van der Waals surface area contributed by atoms with Crippen LogP contribution in [0.4, 0.5) is 5.69 Å². The van der Waals surface area contributed by atoms with E-state index in [1.165, 1.54) is 4.90 Å². The second-order valence-corrected chi connectivity index (χ2v) is 10.6. The standard InChI is InChI=1S/C29H35N3O5/c1-3-4-17-30-26(35)24-29-16-15-28(2,37-29)22(25(34)31-20-13-9-6-10-14-20)23(29)27(36)32(24)21(18-33)19-11-7-5-8-12-19/h5-14,21-24,33H,3-4,15-18H2,1-2H3,(H,30,35)(H,31,34)/t21-,22+,23+,24?,28-,29?/m1/s1. The van der Waals surface area contributed by atoms with E-state index in [4.69, 9.17) is 4.74 Å². The van der Waals surface area contributed by atoms with Crippen LogP contribution in [-0.4, -0.2) is 58.1 Å². The predicted molar refractivity (Wildman–Crippen MR) is 138 cm³/mol. The van der Waals surface area contributed by atoms with Gasteiger partial charge in [0.2, 0.25) is 17.7 Å². The SMILES string of the molecule is CCCCNC(=O)C1N([C@H](CO)c2ccccc2)C(=O)[C@@H]2[C@@H](C(=O)Nc3ccccc3)[C@@]3(C)CCC12O3. The number of hydrogen-bond donors (Lipinski definition) is 3. The highest BCUT2D eigenvalue weighted by molar-refractivity contribution is 6.02. The van der Waals surface area contributed by atoms with Gasteiger partial charge in [0.1, 0.15) is 11.6 Å². The summed E-state index contributed by atoms with van der Waals surface area (Å²) in [6, 6.07) is 16.7. The molecule has 5 rings (SSSR count). The smallest absolute Gasteiger partial charge is 0.245 e. The Morgan fingerprint density at radius 3 is 2.41 bits per heavy atom. The van der Waals surface area contributed by atoms with Crippen molar-refractivity contribution in [3.63, 3.8) is 0 Å². The number of aliphatic hydroxyl groups excluding tert-OH is 1. The van der Waals surface area contributed by atoms with Gasteiger partial charge in [-0.15, -0.1) is 0 Å². The van der Waals surface area contributed by atoms with Gasteiger partial charge < -0.3 is 25.4 Å². The molecule has 3 saturated heterocycles. The van der Waals surface area contributed by atoms with Gasteiger partial charge in [0.25, 0.3) is 0 Å². The van der Waals surface area contributed by atoms with E-state index in [1.807, 2.05) is 62.4 Å². The summed E-state index contributed by atoms with van der Waals surface area (Å²) in [7, 11) is 0. The first-order chi connectivity index (χ1) is 17.9. The maximum atomic E-state index is 14.3. The van der Waals surface area contributed by atoms with E-state index in [1.54, 1.807) is 12.1 Å². The van der Waals surface area contributed by atoms with Crippen molar-refractivity contribution in [2.24, 2.45) is 11.8 Å². The van der Waals surface area contributed by atoms with Crippen molar-refractivity contribution in [1.29, 1.82) is 0 Å². The molecule has 6 atom stereocenters. The lowest BCUT2D eigenvalue weighted by Gasteiger charge is -2.37. The highest BCUT2D eigenvalue weighted by Crippen LogP contribution is 2.64. The maximum Gasteiger partial charge on any atom is 0.245 e. The van der Waals surface area contributed by atoms with Crippen LogP contribution < -0.4 is 10.6 Å². The largest absolute Gasteiger partial charge is 0.394 e. The van der Waals surface area contributed by atoms with Crippen LogP contribution in [0.3, 0.4) is 0 Å². The normalized spacial score (nSPS) is 30.7. The summed E-state index contributed by atoms with van der Waals surface area (Å²) in [4.78, 5) is 43.2. The highest BCUT2D eigenvalue weighted by Gasteiger charge is 2.78. The fraction of sp³-hybridized carbons (Fsp3) is 0.483. The molecule has 2 bridgehead atoms. The lowest BCUT2D eigenvalue weighted by molar-refractivity contribution is -0.149. The molecule has 1 spiro atoms. The Bertz CT molecular complexity index is 1160. The molecular formula is C29H35N3O5. The molecule has 2 aromatic rings. The van der Waals surface area contributed by atoms with Gasteiger partial charge in [-0.3, -0.25) is 14.4 Å². The summed E-state index contributed by atoms with van der Waals surface area (Å²) in [5.41, 5.74) is -0.633. The van der Waals surface area contributed by atoms with Gasteiger partial charge in [-0.05, 0) is 43.9 Å². The first kappa shape index (κ1) is 25.4. The lowest BCUT2D eigenvalue weighted by Crippen LogP contribution is -2.56. The zero-order chi connectivity index (χ0) is 26.2. The third kappa shape index (κ3) is 4.12. The number of ether oxygens (including phenoxy) is 1. The monoisotopic (exact) mass is 505 g/mol. The number of hydrogen-bond acceptors (Lipinski definition) is 5. The van der Waals surface area contributed by atoms with E-state index >= 15 is 0 Å². The Morgan fingerprint density at radius 1 is 1.08 bits per heavy atom. The zero-order valence-electron chi connectivity index (χ0n) is 21.4. The van der Waals surface area contributed by atoms with Crippen LogP contribution in [0.25, 0.3) is 0 Å². The Morgan fingerprint density at radius 2 is 1.76 bits per heavy atom. The van der Waals surface area contributed by atoms with Gasteiger partial charge in [-0.2, -0.15) is 0 Å². The number of amides is 3. The van der Waals surface area contributed by atoms with Crippen molar-refractivity contribution in [3.8, 4) is 0 Å². The minimum atomic E-state index is -1.14. The quantitative estimate of drug-likeness (QED) is 0.454. The number of benzene rings is 2. The molecule has 3 fully saturated rings. The van der Waals surface area contributed by atoms with E-state index < -0.39 is 35.1 Å². The predicted octanol–water partition coefficient (Wildman–Crippen LogP) is 3.04. The van der Waals surface area contributed by atoms with Crippen LogP contribution in [0, 0.1) is 11.8 Å². The zero-order valence-corrected chi connectivity index (χ0v) is 21.4. The van der Waals surface area contributed by atoms with Crippen LogP contribution in [0.1, 0.15) is 51.1 Å². The van der Waals surface area contributed by atoms with E-state index in [9.17, 15) is 19.5 Å². The van der Waals surface area contributed by atoms with Gasteiger partial charge in [0, 0.05) is 12.2 Å². The number of likely N-dealkylation sites (tertiary alicyclic amines) is 1. The maximum absolute atomic E-state index is 14.3. The molecular weight excluding hydrogens is 470 g/mol. The van der Waals surface area contributed by atoms with Crippen molar-refractivity contribution in [3.05, 3.63) is 66.2 Å². The summed E-state index contributed by atoms with van der Waals surface area (Å²) < 4.78 is 6.65. The molecule has 0 aliphatic carbocycles. The first-order valence-corrected chi connectivity index (χ1v) is 13.2. The Kier molecular flexibility index (Phi) is 6.81. The van der Waals surface area contributed by atoms with E-state index in [0.29, 0.717) is 25.1 Å². The van der Waals surface area contributed by atoms with Gasteiger partial charge in [0.15, 0.2) is 0 Å². The number of aliphatic hydroxyl groups is 1.